The van der Waals surface area contributed by atoms with Crippen molar-refractivity contribution < 1.29 is 23.8 Å². The minimum Gasteiger partial charge on any atom is -0.462 e. The second kappa shape index (κ2) is 9.87. The van der Waals surface area contributed by atoms with E-state index in [1.165, 1.54) is 6.08 Å². The third-order valence-electron chi connectivity index (χ3n) is 2.72. The van der Waals surface area contributed by atoms with Crippen molar-refractivity contribution in [2.75, 3.05) is 19.8 Å². The molecule has 0 saturated carbocycles. The molecule has 0 amide bonds. The van der Waals surface area contributed by atoms with Gasteiger partial charge in [-0.2, -0.15) is 0 Å². The Hall–Kier alpha value is -1.98. The molecule has 0 aliphatic heterocycles. The van der Waals surface area contributed by atoms with Gasteiger partial charge in [-0.1, -0.05) is 30.3 Å². The Balaban J connectivity index is 3.11. The number of esters is 1. The van der Waals surface area contributed by atoms with E-state index in [9.17, 15) is 9.59 Å². The van der Waals surface area contributed by atoms with Crippen molar-refractivity contribution in [3.05, 3.63) is 41.5 Å². The summed E-state index contributed by atoms with van der Waals surface area (Å²) in [6.45, 7) is 5.99. The predicted octanol–water partition coefficient (Wildman–Crippen LogP) is 2.60. The molecule has 0 spiro atoms. The topological polar surface area (TPSA) is 61.8 Å². The van der Waals surface area contributed by atoms with Crippen LogP contribution in [0.25, 0.3) is 6.08 Å². The zero-order chi connectivity index (χ0) is 16.4. The molecular weight excluding hydrogens is 284 g/mol. The van der Waals surface area contributed by atoms with Crippen molar-refractivity contribution in [2.24, 2.45) is 0 Å². The molecule has 0 aliphatic rings. The smallest absolute Gasteiger partial charge is 0.341 e. The van der Waals surface area contributed by atoms with Crippen LogP contribution in [0.15, 0.2) is 35.9 Å². The summed E-state index contributed by atoms with van der Waals surface area (Å²) >= 11 is 0. The van der Waals surface area contributed by atoms with Crippen LogP contribution in [0.1, 0.15) is 26.3 Å². The maximum atomic E-state index is 12.5. The van der Waals surface area contributed by atoms with Crippen LogP contribution in [0.5, 0.6) is 0 Å². The van der Waals surface area contributed by atoms with Crippen molar-refractivity contribution >= 4 is 17.8 Å². The fourth-order valence-electron chi connectivity index (χ4n) is 1.78. The predicted molar refractivity (Wildman–Crippen MR) is 83.1 cm³/mol. The van der Waals surface area contributed by atoms with E-state index in [1.807, 2.05) is 18.2 Å². The van der Waals surface area contributed by atoms with E-state index in [-0.39, 0.29) is 12.2 Å². The fourth-order valence-corrected chi connectivity index (χ4v) is 1.78. The number of hydrogen-bond acceptors (Lipinski definition) is 5. The average Bonchev–Trinajstić information content (AvgIpc) is 2.53. The molecule has 120 valence electrons. The van der Waals surface area contributed by atoms with Crippen molar-refractivity contribution in [1.29, 1.82) is 0 Å². The van der Waals surface area contributed by atoms with E-state index >= 15 is 0 Å². The minimum absolute atomic E-state index is 0.0834. The minimum atomic E-state index is -1.10. The molecule has 0 heterocycles. The fraction of sp³-hybridized carbons (Fsp3) is 0.412. The zero-order valence-corrected chi connectivity index (χ0v) is 13.2. The third-order valence-corrected chi connectivity index (χ3v) is 2.72. The number of ketones is 1. The van der Waals surface area contributed by atoms with Crippen LogP contribution in [0.3, 0.4) is 0 Å². The molecule has 0 bridgehead atoms. The molecule has 5 nitrogen and oxygen atoms in total. The Morgan fingerprint density at radius 3 is 2.09 bits per heavy atom. The second-order valence-corrected chi connectivity index (χ2v) is 4.30. The molecule has 0 fully saturated rings. The number of Topliss-reactive ketones (excluding diaryl/α,β-unsaturated/α-hetero) is 1. The maximum absolute atomic E-state index is 12.5. The Labute approximate surface area is 130 Å². The largest absolute Gasteiger partial charge is 0.462 e. The molecule has 0 N–H and O–H groups in total. The maximum Gasteiger partial charge on any atom is 0.341 e. The van der Waals surface area contributed by atoms with Gasteiger partial charge < -0.3 is 14.2 Å². The first kappa shape index (κ1) is 18.1. The quantitative estimate of drug-likeness (QED) is 0.231. The SMILES string of the molecule is CCOC(=O)/C(=C/c1ccccc1)C(=O)C(OCC)OCC. The van der Waals surface area contributed by atoms with Gasteiger partial charge in [-0.3, -0.25) is 4.79 Å². The summed E-state index contributed by atoms with van der Waals surface area (Å²) in [7, 11) is 0. The van der Waals surface area contributed by atoms with Gasteiger partial charge in [-0.05, 0) is 32.4 Å². The van der Waals surface area contributed by atoms with Gasteiger partial charge in [-0.25, -0.2) is 4.79 Å². The Morgan fingerprint density at radius 2 is 1.59 bits per heavy atom. The van der Waals surface area contributed by atoms with Crippen LogP contribution in [0.2, 0.25) is 0 Å². The first-order valence-corrected chi connectivity index (χ1v) is 7.35. The number of carbonyl (C=O) groups is 2. The lowest BCUT2D eigenvalue weighted by molar-refractivity contribution is -0.165. The molecule has 1 aromatic rings. The number of ether oxygens (including phenoxy) is 3. The molecule has 22 heavy (non-hydrogen) atoms. The summed E-state index contributed by atoms with van der Waals surface area (Å²) < 4.78 is 15.5. The Bertz CT molecular complexity index is 501. The molecule has 1 aromatic carbocycles. The summed E-state index contributed by atoms with van der Waals surface area (Å²) in [5, 5.41) is 0. The van der Waals surface area contributed by atoms with E-state index in [0.29, 0.717) is 13.2 Å². The molecule has 0 unspecified atom stereocenters. The molecule has 0 atom stereocenters. The zero-order valence-electron chi connectivity index (χ0n) is 13.2. The van der Waals surface area contributed by atoms with Crippen molar-refractivity contribution in [2.45, 2.75) is 27.1 Å². The number of benzene rings is 1. The first-order valence-electron chi connectivity index (χ1n) is 7.35. The second-order valence-electron chi connectivity index (χ2n) is 4.30. The summed E-state index contributed by atoms with van der Waals surface area (Å²) in [6, 6.07) is 9.08. The van der Waals surface area contributed by atoms with Gasteiger partial charge in [0.15, 0.2) is 0 Å². The van der Waals surface area contributed by atoms with Crippen LogP contribution < -0.4 is 0 Å². The Kier molecular flexibility index (Phi) is 8.10. The molecule has 1 rings (SSSR count). The summed E-state index contributed by atoms with van der Waals surface area (Å²) in [6.07, 6.45) is 0.389. The van der Waals surface area contributed by atoms with Crippen molar-refractivity contribution in [1.82, 2.24) is 0 Å². The number of hydrogen-bond donors (Lipinski definition) is 0. The normalized spacial score (nSPS) is 11.5. The summed E-state index contributed by atoms with van der Waals surface area (Å²) in [4.78, 5) is 24.6. The lowest BCUT2D eigenvalue weighted by Crippen LogP contribution is -2.32. The van der Waals surface area contributed by atoms with Crippen molar-refractivity contribution in [3.8, 4) is 0 Å². The van der Waals surface area contributed by atoms with Crippen LogP contribution in [0.4, 0.5) is 0 Å². The molecular formula is C17H22O5. The van der Waals surface area contributed by atoms with Crippen LogP contribution in [0, 0.1) is 0 Å². The molecule has 0 aromatic heterocycles. The van der Waals surface area contributed by atoms with E-state index in [1.54, 1.807) is 32.9 Å². The standard InChI is InChI=1S/C17H22O5/c1-4-20-16(19)14(12-13-10-8-7-9-11-13)15(18)17(21-5-2)22-6-3/h7-12,17H,4-6H2,1-3H3/b14-12+. The lowest BCUT2D eigenvalue weighted by Gasteiger charge is -2.16. The Morgan fingerprint density at radius 1 is 1.00 bits per heavy atom. The van der Waals surface area contributed by atoms with Gasteiger partial charge in [-0.15, -0.1) is 0 Å². The first-order chi connectivity index (χ1) is 10.6. The van der Waals surface area contributed by atoms with Gasteiger partial charge in [0.1, 0.15) is 5.57 Å². The van der Waals surface area contributed by atoms with Gasteiger partial charge in [0.25, 0.3) is 0 Å². The van der Waals surface area contributed by atoms with Gasteiger partial charge >= 0.3 is 5.97 Å². The highest BCUT2D eigenvalue weighted by Crippen LogP contribution is 2.13. The third kappa shape index (κ3) is 5.42. The molecule has 0 saturated heterocycles. The number of rotatable bonds is 9. The van der Waals surface area contributed by atoms with Crippen LogP contribution in [-0.2, 0) is 23.8 Å². The summed E-state index contributed by atoms with van der Waals surface area (Å²) in [5.74, 6) is -1.22. The highest BCUT2D eigenvalue weighted by atomic mass is 16.7. The lowest BCUT2D eigenvalue weighted by atomic mass is 10.1. The van der Waals surface area contributed by atoms with Crippen LogP contribution >= 0.6 is 0 Å². The van der Waals surface area contributed by atoms with Gasteiger partial charge in [0.05, 0.1) is 6.61 Å². The van der Waals surface area contributed by atoms with Gasteiger partial charge in [0, 0.05) is 13.2 Å². The van der Waals surface area contributed by atoms with Crippen molar-refractivity contribution in [3.63, 3.8) is 0 Å². The van der Waals surface area contributed by atoms with E-state index in [0.717, 1.165) is 5.56 Å². The highest BCUT2D eigenvalue weighted by Gasteiger charge is 2.28. The average molecular weight is 306 g/mol. The molecule has 0 aliphatic carbocycles. The monoisotopic (exact) mass is 306 g/mol. The van der Waals surface area contributed by atoms with E-state index < -0.39 is 18.0 Å². The van der Waals surface area contributed by atoms with Crippen LogP contribution in [-0.4, -0.2) is 37.9 Å². The van der Waals surface area contributed by atoms with E-state index in [4.69, 9.17) is 14.2 Å². The van der Waals surface area contributed by atoms with E-state index in [2.05, 4.69) is 0 Å². The molecule has 5 heteroatoms. The number of carbonyl (C=O) groups excluding carboxylic acids is 2. The van der Waals surface area contributed by atoms with Gasteiger partial charge in [0.2, 0.25) is 12.1 Å². The molecule has 0 radical (unpaired) electrons. The highest BCUT2D eigenvalue weighted by molar-refractivity contribution is 6.21. The summed E-state index contributed by atoms with van der Waals surface area (Å²) in [5.41, 5.74) is 0.644.